The first-order valence-corrected chi connectivity index (χ1v) is 4.23. The van der Waals surface area contributed by atoms with Crippen LogP contribution < -0.4 is 29.6 Å². The summed E-state index contributed by atoms with van der Waals surface area (Å²) in [6.45, 7) is 0. The van der Waals surface area contributed by atoms with E-state index in [0.29, 0.717) is 0 Å². The normalized spacial score (nSPS) is 13.9. The summed E-state index contributed by atoms with van der Waals surface area (Å²) in [6.07, 6.45) is -0.152. The number of alkyl halides is 1. The van der Waals surface area contributed by atoms with E-state index in [1.54, 1.807) is 0 Å². The van der Waals surface area contributed by atoms with Crippen molar-refractivity contribution in [2.45, 2.75) is 12.0 Å². The van der Waals surface area contributed by atoms with Crippen LogP contribution in [0.5, 0.6) is 0 Å². The average Bonchev–Trinajstić information content (AvgIpc) is 1.59. The van der Waals surface area contributed by atoms with Gasteiger partial charge >= 0.3 is 29.6 Å². The van der Waals surface area contributed by atoms with E-state index in [-0.39, 0.29) is 37.4 Å². The molecule has 2 N–H and O–H groups in total. The number of rotatable bonds is 3. The molecule has 0 rings (SSSR count). The Kier molecular flexibility index (Phi) is 7.92. The Labute approximate surface area is 88.1 Å². The predicted molar refractivity (Wildman–Crippen MR) is 34.0 cm³/mol. The summed E-state index contributed by atoms with van der Waals surface area (Å²) in [7, 11) is -3.96. The molecule has 0 amide bonds. The van der Waals surface area contributed by atoms with Gasteiger partial charge in [-0.2, -0.15) is 8.42 Å². The fourth-order valence-electron chi connectivity index (χ4n) is 0.246. The van der Waals surface area contributed by atoms with E-state index >= 15 is 0 Å². The molecule has 0 aliphatic rings. The van der Waals surface area contributed by atoms with Crippen molar-refractivity contribution < 1.29 is 49.1 Å². The third-order valence-corrected chi connectivity index (χ3v) is 1.58. The van der Waals surface area contributed by atoms with Gasteiger partial charge in [-0.1, -0.05) is 11.6 Å². The molecule has 0 aromatic heterocycles. The largest absolute Gasteiger partial charge is 1.00 e. The Morgan fingerprint density at radius 3 is 2.10 bits per heavy atom. The second-order valence-corrected chi connectivity index (χ2v) is 3.59. The van der Waals surface area contributed by atoms with E-state index in [1.807, 2.05) is 0 Å². The standard InChI is InChI=1S/C3H7ClO4S.Na.H/c4-3(5)1-2-9(6,7)8;;/h3,5H,1-2H2,(H,6,7,8);;/q;+1;-1. The van der Waals surface area contributed by atoms with Crippen molar-refractivity contribution in [2.75, 3.05) is 5.75 Å². The van der Waals surface area contributed by atoms with Crippen molar-refractivity contribution in [1.29, 1.82) is 0 Å². The van der Waals surface area contributed by atoms with Crippen LogP contribution in [-0.2, 0) is 10.1 Å². The van der Waals surface area contributed by atoms with Crippen LogP contribution in [0.2, 0.25) is 0 Å². The molecule has 0 saturated carbocycles. The minimum atomic E-state index is -3.96. The second kappa shape index (κ2) is 5.77. The molecule has 10 heavy (non-hydrogen) atoms. The van der Waals surface area contributed by atoms with Crippen molar-refractivity contribution >= 4 is 21.7 Å². The molecule has 1 atom stereocenters. The zero-order valence-electron chi connectivity index (χ0n) is 6.49. The maximum Gasteiger partial charge on any atom is 1.00 e. The van der Waals surface area contributed by atoms with Crippen molar-refractivity contribution in [3.63, 3.8) is 0 Å². The monoisotopic (exact) mass is 198 g/mol. The smallest absolute Gasteiger partial charge is 1.00 e. The summed E-state index contributed by atoms with van der Waals surface area (Å²) in [5, 5.41) is 8.31. The summed E-state index contributed by atoms with van der Waals surface area (Å²) < 4.78 is 27.9. The van der Waals surface area contributed by atoms with E-state index in [1.165, 1.54) is 0 Å². The molecule has 0 aliphatic heterocycles. The molecule has 0 aromatic carbocycles. The molecule has 58 valence electrons. The van der Waals surface area contributed by atoms with Gasteiger partial charge in [-0.15, -0.1) is 0 Å². The zero-order valence-corrected chi connectivity index (χ0v) is 9.06. The van der Waals surface area contributed by atoms with Crippen LogP contribution in [0.1, 0.15) is 7.85 Å². The Balaban J connectivity index is -0.000000320. The molecular formula is C3H8ClNaO4S. The summed E-state index contributed by atoms with van der Waals surface area (Å²) in [6, 6.07) is 0. The Bertz CT molecular complexity index is 170. The molecule has 7 heteroatoms. The minimum absolute atomic E-state index is 0. The summed E-state index contributed by atoms with van der Waals surface area (Å²) in [5.74, 6) is -0.502. The molecule has 0 fully saturated rings. The second-order valence-electron chi connectivity index (χ2n) is 1.51. The van der Waals surface area contributed by atoms with Gasteiger partial charge in [0.25, 0.3) is 10.1 Å². The Hall–Kier alpha value is 1.16. The minimum Gasteiger partial charge on any atom is -1.00 e. The van der Waals surface area contributed by atoms with E-state index in [9.17, 15) is 8.42 Å². The van der Waals surface area contributed by atoms with Crippen LogP contribution in [0.4, 0.5) is 0 Å². The molecule has 0 aromatic rings. The van der Waals surface area contributed by atoms with Gasteiger partial charge in [-0.05, 0) is 0 Å². The number of aliphatic hydroxyl groups excluding tert-OH is 1. The summed E-state index contributed by atoms with van der Waals surface area (Å²) in [5.41, 5.74) is -1.20. The van der Waals surface area contributed by atoms with Crippen LogP contribution >= 0.6 is 11.6 Å². The van der Waals surface area contributed by atoms with Crippen molar-refractivity contribution in [1.82, 2.24) is 0 Å². The molecule has 0 spiro atoms. The number of halogens is 1. The van der Waals surface area contributed by atoms with Crippen LogP contribution in [0.25, 0.3) is 0 Å². The summed E-state index contributed by atoms with van der Waals surface area (Å²) in [4.78, 5) is 0. The van der Waals surface area contributed by atoms with Gasteiger partial charge in [-0.3, -0.25) is 4.55 Å². The van der Waals surface area contributed by atoms with E-state index in [2.05, 4.69) is 0 Å². The van der Waals surface area contributed by atoms with Gasteiger partial charge in [-0.25, -0.2) is 0 Å². The Morgan fingerprint density at radius 2 is 2.00 bits per heavy atom. The maximum absolute atomic E-state index is 9.92. The van der Waals surface area contributed by atoms with Crippen molar-refractivity contribution in [3.05, 3.63) is 0 Å². The fraction of sp³-hybridized carbons (Fsp3) is 1.00. The SMILES string of the molecule is O=S(=O)(O)CCC(O)Cl.[H-].[Na+]. The number of aliphatic hydroxyl groups is 1. The van der Waals surface area contributed by atoms with Crippen LogP contribution in [-0.4, -0.2) is 29.4 Å². The van der Waals surface area contributed by atoms with Gasteiger partial charge < -0.3 is 6.53 Å². The quantitative estimate of drug-likeness (QED) is 0.287. The molecule has 1 unspecified atom stereocenters. The van der Waals surface area contributed by atoms with Gasteiger partial charge in [0, 0.05) is 6.42 Å². The van der Waals surface area contributed by atoms with Gasteiger partial charge in [0.05, 0.1) is 5.75 Å². The molecule has 0 heterocycles. The number of hydrogen-bond acceptors (Lipinski definition) is 3. The van der Waals surface area contributed by atoms with E-state index in [4.69, 9.17) is 21.3 Å². The predicted octanol–water partition coefficient (Wildman–Crippen LogP) is -3.06. The first kappa shape index (κ1) is 13.7. The topological polar surface area (TPSA) is 74.6 Å². The third-order valence-electron chi connectivity index (χ3n) is 0.614. The van der Waals surface area contributed by atoms with Gasteiger partial charge in [0.15, 0.2) is 0 Å². The Morgan fingerprint density at radius 1 is 1.60 bits per heavy atom. The fourth-order valence-corrected chi connectivity index (χ4v) is 1.01. The first-order chi connectivity index (χ1) is 3.92. The third kappa shape index (κ3) is 11.9. The van der Waals surface area contributed by atoms with Crippen LogP contribution in [0.15, 0.2) is 0 Å². The van der Waals surface area contributed by atoms with Crippen molar-refractivity contribution in [3.8, 4) is 0 Å². The van der Waals surface area contributed by atoms with E-state index in [0.717, 1.165) is 0 Å². The van der Waals surface area contributed by atoms with Gasteiger partial charge in [0.2, 0.25) is 0 Å². The van der Waals surface area contributed by atoms with Crippen LogP contribution in [0.3, 0.4) is 0 Å². The molecule has 0 aliphatic carbocycles. The summed E-state index contributed by atoms with van der Waals surface area (Å²) >= 11 is 4.96. The zero-order chi connectivity index (χ0) is 7.49. The molecule has 0 saturated heterocycles. The molecule has 0 bridgehead atoms. The molecule has 4 nitrogen and oxygen atoms in total. The maximum atomic E-state index is 9.92. The van der Waals surface area contributed by atoms with Crippen molar-refractivity contribution in [2.24, 2.45) is 0 Å². The van der Waals surface area contributed by atoms with Gasteiger partial charge in [0.1, 0.15) is 5.56 Å². The van der Waals surface area contributed by atoms with E-state index < -0.39 is 21.4 Å². The average molecular weight is 199 g/mol. The first-order valence-electron chi connectivity index (χ1n) is 2.19. The molecular weight excluding hydrogens is 191 g/mol. The van der Waals surface area contributed by atoms with Crippen LogP contribution in [0, 0.1) is 0 Å². The number of hydrogen-bond donors (Lipinski definition) is 2. The molecule has 0 radical (unpaired) electrons.